The molecule has 2 heteroatoms. The lowest BCUT2D eigenvalue weighted by atomic mass is 9.96. The first-order valence-corrected chi connectivity index (χ1v) is 10.2. The molecule has 0 aromatic heterocycles. The zero-order chi connectivity index (χ0) is 19.6. The second kappa shape index (κ2) is 10.6. The van der Waals surface area contributed by atoms with Crippen molar-refractivity contribution in [2.45, 2.75) is 34.6 Å². The van der Waals surface area contributed by atoms with Gasteiger partial charge in [0.15, 0.2) is 0 Å². The summed E-state index contributed by atoms with van der Waals surface area (Å²) in [6, 6.07) is 17.9. The number of nitrogens with zero attached hydrogens (tertiary/aromatic N) is 2. The summed E-state index contributed by atoms with van der Waals surface area (Å²) in [5, 5.41) is 0. The second-order valence-corrected chi connectivity index (χ2v) is 6.54. The molecule has 0 radical (unpaired) electrons. The van der Waals surface area contributed by atoms with Gasteiger partial charge in [-0.3, -0.25) is 0 Å². The Bertz CT molecular complexity index is 673. The van der Waals surface area contributed by atoms with Crippen molar-refractivity contribution in [1.82, 2.24) is 0 Å². The topological polar surface area (TPSA) is 6.48 Å². The molecule has 2 aromatic rings. The Balaban J connectivity index is 2.36. The van der Waals surface area contributed by atoms with E-state index in [9.17, 15) is 0 Å². The molecule has 0 atom stereocenters. The molecule has 0 saturated heterocycles. The SMILES string of the molecule is CC=CC=C(c1ccc(N(CC)CC)cc1)c1ccc(N(CC)CC)cc1. The van der Waals surface area contributed by atoms with Gasteiger partial charge in [0.1, 0.15) is 0 Å². The predicted molar refractivity (Wildman–Crippen MR) is 122 cm³/mol. The molecule has 0 bridgehead atoms. The molecule has 0 saturated carbocycles. The molecule has 144 valence electrons. The minimum Gasteiger partial charge on any atom is -0.372 e. The largest absolute Gasteiger partial charge is 0.372 e. The van der Waals surface area contributed by atoms with Crippen LogP contribution >= 0.6 is 0 Å². The second-order valence-electron chi connectivity index (χ2n) is 6.54. The fraction of sp³-hybridized carbons (Fsp3) is 0.360. The highest BCUT2D eigenvalue weighted by molar-refractivity contribution is 5.82. The van der Waals surface area contributed by atoms with E-state index in [1.807, 2.05) is 0 Å². The molecule has 0 N–H and O–H groups in total. The van der Waals surface area contributed by atoms with Gasteiger partial charge in [-0.15, -0.1) is 0 Å². The summed E-state index contributed by atoms with van der Waals surface area (Å²) in [7, 11) is 0. The van der Waals surface area contributed by atoms with Gasteiger partial charge in [0.25, 0.3) is 0 Å². The number of hydrogen-bond acceptors (Lipinski definition) is 2. The summed E-state index contributed by atoms with van der Waals surface area (Å²) in [6.07, 6.45) is 6.40. The molecule has 0 aliphatic carbocycles. The third-order valence-corrected chi connectivity index (χ3v) is 5.07. The Morgan fingerprint density at radius 2 is 1.04 bits per heavy atom. The Morgan fingerprint density at radius 1 is 0.667 bits per heavy atom. The molecular formula is C25H34N2. The predicted octanol–water partition coefficient (Wildman–Crippen LogP) is 6.39. The van der Waals surface area contributed by atoms with Gasteiger partial charge in [-0.1, -0.05) is 42.5 Å². The van der Waals surface area contributed by atoms with E-state index in [1.165, 1.54) is 28.1 Å². The molecule has 2 rings (SSSR count). The number of anilines is 2. The summed E-state index contributed by atoms with van der Waals surface area (Å²) in [5.74, 6) is 0. The smallest absolute Gasteiger partial charge is 0.0366 e. The van der Waals surface area contributed by atoms with E-state index in [-0.39, 0.29) is 0 Å². The minimum atomic E-state index is 1.03. The number of rotatable bonds is 9. The van der Waals surface area contributed by atoms with Crippen LogP contribution in [0.3, 0.4) is 0 Å². The maximum Gasteiger partial charge on any atom is 0.0366 e. The number of allylic oxidation sites excluding steroid dienone is 3. The molecule has 0 heterocycles. The van der Waals surface area contributed by atoms with Gasteiger partial charge in [0, 0.05) is 37.6 Å². The lowest BCUT2D eigenvalue weighted by Gasteiger charge is -2.22. The molecule has 0 amide bonds. The van der Waals surface area contributed by atoms with E-state index >= 15 is 0 Å². The maximum absolute atomic E-state index is 2.37. The van der Waals surface area contributed by atoms with E-state index in [0.29, 0.717) is 0 Å². The molecule has 2 aromatic carbocycles. The van der Waals surface area contributed by atoms with Crippen LogP contribution in [-0.2, 0) is 0 Å². The van der Waals surface area contributed by atoms with Crippen molar-refractivity contribution < 1.29 is 0 Å². The van der Waals surface area contributed by atoms with Gasteiger partial charge in [-0.2, -0.15) is 0 Å². The summed E-state index contributed by atoms with van der Waals surface area (Å²) in [6.45, 7) is 15.0. The van der Waals surface area contributed by atoms with Gasteiger partial charge in [-0.25, -0.2) is 0 Å². The summed E-state index contributed by atoms with van der Waals surface area (Å²) < 4.78 is 0. The Morgan fingerprint density at radius 3 is 1.33 bits per heavy atom. The maximum atomic E-state index is 2.37. The van der Waals surface area contributed by atoms with Crippen LogP contribution < -0.4 is 9.80 Å². The highest BCUT2D eigenvalue weighted by Crippen LogP contribution is 2.28. The van der Waals surface area contributed by atoms with E-state index in [2.05, 4.69) is 111 Å². The highest BCUT2D eigenvalue weighted by atomic mass is 15.1. The zero-order valence-electron chi connectivity index (χ0n) is 17.6. The van der Waals surface area contributed by atoms with Crippen LogP contribution in [0, 0.1) is 0 Å². The van der Waals surface area contributed by atoms with Crippen LogP contribution in [0.25, 0.3) is 5.57 Å². The van der Waals surface area contributed by atoms with Crippen molar-refractivity contribution in [3.8, 4) is 0 Å². The van der Waals surface area contributed by atoms with Crippen LogP contribution in [0.1, 0.15) is 45.7 Å². The fourth-order valence-electron chi connectivity index (χ4n) is 3.43. The van der Waals surface area contributed by atoms with Gasteiger partial charge in [0.05, 0.1) is 0 Å². The molecular weight excluding hydrogens is 328 g/mol. The first-order chi connectivity index (χ1) is 13.2. The number of benzene rings is 2. The Kier molecular flexibility index (Phi) is 8.19. The zero-order valence-corrected chi connectivity index (χ0v) is 17.6. The van der Waals surface area contributed by atoms with Crippen LogP contribution in [0.4, 0.5) is 11.4 Å². The lowest BCUT2D eigenvalue weighted by molar-refractivity contribution is 0.866. The molecule has 0 spiro atoms. The first kappa shape index (κ1) is 20.8. The number of hydrogen-bond donors (Lipinski definition) is 0. The molecule has 0 aliphatic rings. The first-order valence-electron chi connectivity index (χ1n) is 10.2. The average Bonchev–Trinajstić information content (AvgIpc) is 2.72. The Labute approximate surface area is 165 Å². The van der Waals surface area contributed by atoms with Gasteiger partial charge >= 0.3 is 0 Å². The van der Waals surface area contributed by atoms with E-state index in [1.54, 1.807) is 0 Å². The monoisotopic (exact) mass is 362 g/mol. The molecule has 0 aliphatic heterocycles. The van der Waals surface area contributed by atoms with Gasteiger partial charge < -0.3 is 9.80 Å². The van der Waals surface area contributed by atoms with Crippen molar-refractivity contribution in [2.75, 3.05) is 36.0 Å². The van der Waals surface area contributed by atoms with Crippen molar-refractivity contribution in [1.29, 1.82) is 0 Å². The fourth-order valence-corrected chi connectivity index (χ4v) is 3.43. The van der Waals surface area contributed by atoms with Crippen LogP contribution in [0.2, 0.25) is 0 Å². The van der Waals surface area contributed by atoms with Crippen molar-refractivity contribution >= 4 is 16.9 Å². The van der Waals surface area contributed by atoms with E-state index in [0.717, 1.165) is 26.2 Å². The van der Waals surface area contributed by atoms with E-state index < -0.39 is 0 Å². The molecule has 2 nitrogen and oxygen atoms in total. The molecule has 27 heavy (non-hydrogen) atoms. The lowest BCUT2D eigenvalue weighted by Crippen LogP contribution is -2.21. The third-order valence-electron chi connectivity index (χ3n) is 5.07. The van der Waals surface area contributed by atoms with Crippen LogP contribution in [0.15, 0.2) is 66.8 Å². The molecule has 0 fully saturated rings. The van der Waals surface area contributed by atoms with Crippen molar-refractivity contribution in [3.05, 3.63) is 77.9 Å². The standard InChI is InChI=1S/C25H34N2/c1-6-11-12-25(21-13-17-23(18-14-21)26(7-2)8-3)22-15-19-24(20-16-22)27(9-4)10-5/h6,11-20H,7-10H2,1-5H3. The van der Waals surface area contributed by atoms with Crippen LogP contribution in [0.5, 0.6) is 0 Å². The summed E-state index contributed by atoms with van der Waals surface area (Å²) >= 11 is 0. The quantitative estimate of drug-likeness (QED) is 0.477. The Hall–Kier alpha value is -2.48. The molecule has 0 unspecified atom stereocenters. The van der Waals surface area contributed by atoms with Crippen molar-refractivity contribution in [2.24, 2.45) is 0 Å². The average molecular weight is 363 g/mol. The minimum absolute atomic E-state index is 1.03. The van der Waals surface area contributed by atoms with Crippen molar-refractivity contribution in [3.63, 3.8) is 0 Å². The van der Waals surface area contributed by atoms with Gasteiger partial charge in [-0.05, 0) is 75.6 Å². The van der Waals surface area contributed by atoms with E-state index in [4.69, 9.17) is 0 Å². The normalized spacial score (nSPS) is 10.9. The van der Waals surface area contributed by atoms with Gasteiger partial charge in [0.2, 0.25) is 0 Å². The third kappa shape index (κ3) is 5.26. The summed E-state index contributed by atoms with van der Waals surface area (Å²) in [4.78, 5) is 4.75. The highest BCUT2D eigenvalue weighted by Gasteiger charge is 2.08. The summed E-state index contributed by atoms with van der Waals surface area (Å²) in [5.41, 5.74) is 6.32. The van der Waals surface area contributed by atoms with Crippen LogP contribution in [-0.4, -0.2) is 26.2 Å².